The van der Waals surface area contributed by atoms with E-state index in [4.69, 9.17) is 4.42 Å². The van der Waals surface area contributed by atoms with Gasteiger partial charge in [0, 0.05) is 39.7 Å². The monoisotopic (exact) mass is 562 g/mol. The summed E-state index contributed by atoms with van der Waals surface area (Å²) in [5.41, 5.74) is 12.1. The van der Waals surface area contributed by atoms with Crippen LogP contribution in [0.25, 0.3) is 82.8 Å². The van der Waals surface area contributed by atoms with Crippen molar-refractivity contribution in [3.8, 4) is 39.1 Å². The molecule has 206 valence electrons. The Morgan fingerprint density at radius 1 is 0.409 bits per heavy atom. The molecule has 0 unspecified atom stereocenters. The molecule has 3 aromatic heterocycles. The molecule has 0 atom stereocenters. The SMILES string of the molecule is c1ccc(-c2cncc(-c3ccc4c(c3)c3ccc(-c5ccccc5)cc3n4-c3cccc4oc5ccccc5c34)c2)cc1. The van der Waals surface area contributed by atoms with Gasteiger partial charge in [0.25, 0.3) is 0 Å². The molecule has 9 rings (SSSR count). The van der Waals surface area contributed by atoms with Gasteiger partial charge in [0.05, 0.1) is 22.1 Å². The first-order valence-corrected chi connectivity index (χ1v) is 14.9. The normalized spacial score (nSPS) is 11.6. The molecule has 0 amide bonds. The van der Waals surface area contributed by atoms with Crippen LogP contribution in [0, 0.1) is 0 Å². The molecule has 0 saturated heterocycles. The number of furan rings is 1. The average Bonchev–Trinajstić information content (AvgIpc) is 3.64. The Labute approximate surface area is 254 Å². The average molecular weight is 563 g/mol. The Morgan fingerprint density at radius 3 is 1.89 bits per heavy atom. The molecule has 9 aromatic rings. The number of benzene rings is 6. The second-order valence-corrected chi connectivity index (χ2v) is 11.2. The van der Waals surface area contributed by atoms with Crippen LogP contribution in [-0.4, -0.2) is 9.55 Å². The first-order chi connectivity index (χ1) is 21.8. The summed E-state index contributed by atoms with van der Waals surface area (Å²) in [4.78, 5) is 4.62. The van der Waals surface area contributed by atoms with E-state index >= 15 is 0 Å². The van der Waals surface area contributed by atoms with E-state index in [9.17, 15) is 0 Å². The van der Waals surface area contributed by atoms with Crippen LogP contribution in [0.15, 0.2) is 162 Å². The third-order valence-corrected chi connectivity index (χ3v) is 8.67. The van der Waals surface area contributed by atoms with Crippen LogP contribution in [0.1, 0.15) is 0 Å². The minimum absolute atomic E-state index is 0.887. The molecule has 44 heavy (non-hydrogen) atoms. The molecule has 3 nitrogen and oxygen atoms in total. The number of fused-ring (bicyclic) bond motifs is 6. The smallest absolute Gasteiger partial charge is 0.137 e. The second kappa shape index (κ2) is 9.82. The number of rotatable bonds is 4. The summed E-state index contributed by atoms with van der Waals surface area (Å²) in [6, 6.07) is 51.5. The largest absolute Gasteiger partial charge is 0.456 e. The Bertz CT molecular complexity index is 2490. The second-order valence-electron chi connectivity index (χ2n) is 11.2. The maximum absolute atomic E-state index is 6.31. The van der Waals surface area contributed by atoms with Gasteiger partial charge >= 0.3 is 0 Å². The van der Waals surface area contributed by atoms with Gasteiger partial charge in [-0.25, -0.2) is 0 Å². The molecule has 6 aromatic carbocycles. The van der Waals surface area contributed by atoms with Crippen LogP contribution in [0.3, 0.4) is 0 Å². The molecule has 0 N–H and O–H groups in total. The zero-order valence-electron chi connectivity index (χ0n) is 23.8. The van der Waals surface area contributed by atoms with Crippen molar-refractivity contribution in [2.24, 2.45) is 0 Å². The van der Waals surface area contributed by atoms with Gasteiger partial charge in [-0.05, 0) is 64.7 Å². The molecule has 0 aliphatic carbocycles. The predicted octanol–water partition coefficient (Wildman–Crippen LogP) is 11.1. The van der Waals surface area contributed by atoms with Crippen molar-refractivity contribution in [3.05, 3.63) is 158 Å². The summed E-state index contributed by atoms with van der Waals surface area (Å²) in [6.07, 6.45) is 3.89. The highest BCUT2D eigenvalue weighted by Gasteiger charge is 2.19. The van der Waals surface area contributed by atoms with Crippen LogP contribution in [0.4, 0.5) is 0 Å². The molecule has 0 radical (unpaired) electrons. The number of para-hydroxylation sites is 1. The molecule has 0 fully saturated rings. The fourth-order valence-corrected chi connectivity index (χ4v) is 6.60. The summed E-state index contributed by atoms with van der Waals surface area (Å²) < 4.78 is 8.72. The third kappa shape index (κ3) is 3.87. The van der Waals surface area contributed by atoms with Crippen molar-refractivity contribution in [1.29, 1.82) is 0 Å². The maximum atomic E-state index is 6.31. The quantitative estimate of drug-likeness (QED) is 0.214. The van der Waals surface area contributed by atoms with Crippen LogP contribution >= 0.6 is 0 Å². The Kier molecular flexibility index (Phi) is 5.50. The first kappa shape index (κ1) is 24.6. The number of pyridine rings is 1. The van der Waals surface area contributed by atoms with Crippen LogP contribution in [0.2, 0.25) is 0 Å². The van der Waals surface area contributed by atoms with Crippen LogP contribution in [0.5, 0.6) is 0 Å². The van der Waals surface area contributed by atoms with Crippen molar-refractivity contribution in [1.82, 2.24) is 9.55 Å². The lowest BCUT2D eigenvalue weighted by Gasteiger charge is -2.11. The summed E-state index contributed by atoms with van der Waals surface area (Å²) in [5.74, 6) is 0. The van der Waals surface area contributed by atoms with E-state index in [1.165, 1.54) is 21.9 Å². The van der Waals surface area contributed by atoms with E-state index in [1.807, 2.05) is 30.6 Å². The van der Waals surface area contributed by atoms with E-state index in [0.717, 1.165) is 60.9 Å². The lowest BCUT2D eigenvalue weighted by atomic mass is 10.00. The molecule has 3 heterocycles. The molecule has 0 spiro atoms. The van der Waals surface area contributed by atoms with Gasteiger partial charge in [0.1, 0.15) is 11.2 Å². The predicted molar refractivity (Wildman–Crippen MR) is 182 cm³/mol. The molecule has 3 heteroatoms. The topological polar surface area (TPSA) is 31.0 Å². The van der Waals surface area contributed by atoms with Crippen LogP contribution in [-0.2, 0) is 0 Å². The van der Waals surface area contributed by atoms with Gasteiger partial charge in [0.2, 0.25) is 0 Å². The van der Waals surface area contributed by atoms with E-state index in [1.54, 1.807) is 0 Å². The minimum Gasteiger partial charge on any atom is -0.456 e. The number of hydrogen-bond acceptors (Lipinski definition) is 2. The summed E-state index contributed by atoms with van der Waals surface area (Å²) in [5, 5.41) is 4.65. The number of aromatic nitrogens is 2. The summed E-state index contributed by atoms with van der Waals surface area (Å²) >= 11 is 0. The maximum Gasteiger partial charge on any atom is 0.137 e. The van der Waals surface area contributed by atoms with E-state index in [2.05, 4.69) is 137 Å². The van der Waals surface area contributed by atoms with Crippen molar-refractivity contribution in [2.75, 3.05) is 0 Å². The standard InChI is InChI=1S/C41H26N2O/c1-3-10-27(11-4-1)30-18-20-33-35-23-29(32-22-31(25-42-26-32)28-12-5-2-6-13-28)19-21-36(35)43(38(33)24-30)37-15-9-17-40-41(37)34-14-7-8-16-39(34)44-40/h1-26H. The third-order valence-electron chi connectivity index (χ3n) is 8.67. The summed E-state index contributed by atoms with van der Waals surface area (Å²) in [7, 11) is 0. The van der Waals surface area contributed by atoms with Crippen molar-refractivity contribution < 1.29 is 4.42 Å². The van der Waals surface area contributed by atoms with Gasteiger partial charge in [-0.3, -0.25) is 4.98 Å². The highest BCUT2D eigenvalue weighted by atomic mass is 16.3. The fraction of sp³-hybridized carbons (Fsp3) is 0. The van der Waals surface area contributed by atoms with Gasteiger partial charge in [-0.15, -0.1) is 0 Å². The molecular formula is C41H26N2O. The lowest BCUT2D eigenvalue weighted by Crippen LogP contribution is -1.95. The highest BCUT2D eigenvalue weighted by Crippen LogP contribution is 2.41. The van der Waals surface area contributed by atoms with E-state index in [-0.39, 0.29) is 0 Å². The van der Waals surface area contributed by atoms with E-state index in [0.29, 0.717) is 0 Å². The minimum atomic E-state index is 0.887. The number of hydrogen-bond donors (Lipinski definition) is 0. The van der Waals surface area contributed by atoms with Crippen molar-refractivity contribution in [2.45, 2.75) is 0 Å². The zero-order chi connectivity index (χ0) is 29.0. The van der Waals surface area contributed by atoms with E-state index < -0.39 is 0 Å². The Balaban J connectivity index is 1.32. The van der Waals surface area contributed by atoms with Gasteiger partial charge in [0.15, 0.2) is 0 Å². The molecule has 0 aliphatic heterocycles. The molecule has 0 bridgehead atoms. The summed E-state index contributed by atoms with van der Waals surface area (Å²) in [6.45, 7) is 0. The lowest BCUT2D eigenvalue weighted by molar-refractivity contribution is 0.669. The Hall–Kier alpha value is -5.93. The fourth-order valence-electron chi connectivity index (χ4n) is 6.60. The Morgan fingerprint density at radius 2 is 1.07 bits per heavy atom. The van der Waals surface area contributed by atoms with Gasteiger partial charge in [-0.1, -0.05) is 103 Å². The van der Waals surface area contributed by atoms with Gasteiger partial charge in [-0.2, -0.15) is 0 Å². The highest BCUT2D eigenvalue weighted by molar-refractivity contribution is 6.15. The molecular weight excluding hydrogens is 536 g/mol. The van der Waals surface area contributed by atoms with Crippen molar-refractivity contribution >= 4 is 43.7 Å². The van der Waals surface area contributed by atoms with Gasteiger partial charge < -0.3 is 8.98 Å². The zero-order valence-corrected chi connectivity index (χ0v) is 23.8. The first-order valence-electron chi connectivity index (χ1n) is 14.9. The van der Waals surface area contributed by atoms with Crippen molar-refractivity contribution in [3.63, 3.8) is 0 Å². The number of nitrogens with zero attached hydrogens (tertiary/aromatic N) is 2. The molecule has 0 aliphatic rings. The van der Waals surface area contributed by atoms with Crippen LogP contribution < -0.4 is 0 Å². The molecule has 0 saturated carbocycles.